The van der Waals surface area contributed by atoms with Gasteiger partial charge < -0.3 is 15.8 Å². The number of hydrogen-bond donors (Lipinski definition) is 2. The normalized spacial score (nSPS) is 10.4. The zero-order chi connectivity index (χ0) is 12.7. The first-order chi connectivity index (χ1) is 8.11. The van der Waals surface area contributed by atoms with E-state index >= 15 is 0 Å². The summed E-state index contributed by atoms with van der Waals surface area (Å²) in [6.07, 6.45) is 0.366. The smallest absolute Gasteiger partial charge is 0.223 e. The molecule has 0 aliphatic rings. The van der Waals surface area contributed by atoms with Crippen LogP contribution in [-0.2, 0) is 11.3 Å². The third kappa shape index (κ3) is 5.36. The van der Waals surface area contributed by atoms with E-state index in [1.165, 1.54) is 0 Å². The molecule has 0 aliphatic carbocycles. The van der Waals surface area contributed by atoms with Gasteiger partial charge in [-0.2, -0.15) is 0 Å². The van der Waals surface area contributed by atoms with Crippen molar-refractivity contribution in [1.29, 1.82) is 0 Å². The largest absolute Gasteiger partial charge is 0.493 e. The molecule has 1 amide bonds. The van der Waals surface area contributed by atoms with Gasteiger partial charge in [-0.3, -0.25) is 4.79 Å². The zero-order valence-corrected chi connectivity index (χ0v) is 10.4. The van der Waals surface area contributed by atoms with Gasteiger partial charge in [0.25, 0.3) is 0 Å². The van der Waals surface area contributed by atoms with E-state index in [1.54, 1.807) is 0 Å². The molecule has 0 atom stereocenters. The van der Waals surface area contributed by atoms with Crippen LogP contribution in [0.15, 0.2) is 24.3 Å². The maximum Gasteiger partial charge on any atom is 0.223 e. The number of hydrogen-bond acceptors (Lipinski definition) is 3. The molecule has 94 valence electrons. The molecule has 1 aromatic rings. The second-order valence-corrected chi connectivity index (χ2v) is 4.17. The van der Waals surface area contributed by atoms with Crippen LogP contribution in [-0.4, -0.2) is 18.6 Å². The molecule has 0 saturated heterocycles. The molecule has 0 heterocycles. The summed E-state index contributed by atoms with van der Waals surface area (Å²) in [7, 11) is 0. The summed E-state index contributed by atoms with van der Waals surface area (Å²) in [5.74, 6) is 0.764. The van der Waals surface area contributed by atoms with E-state index in [0.29, 0.717) is 19.6 Å². The van der Waals surface area contributed by atoms with Gasteiger partial charge in [0.2, 0.25) is 5.91 Å². The Labute approximate surface area is 102 Å². The molecule has 0 fully saturated rings. The highest BCUT2D eigenvalue weighted by Crippen LogP contribution is 2.12. The first kappa shape index (κ1) is 13.5. The molecule has 1 rings (SSSR count). The lowest BCUT2D eigenvalue weighted by Crippen LogP contribution is -2.31. The van der Waals surface area contributed by atoms with E-state index in [9.17, 15) is 4.79 Å². The van der Waals surface area contributed by atoms with Crippen LogP contribution in [0.4, 0.5) is 0 Å². The number of ether oxygens (including phenoxy) is 1. The van der Waals surface area contributed by atoms with Crippen LogP contribution in [0.25, 0.3) is 0 Å². The lowest BCUT2D eigenvalue weighted by atomic mass is 10.2. The molecular formula is C13H20N2O2. The topological polar surface area (TPSA) is 64.3 Å². The molecule has 0 aromatic heterocycles. The number of benzene rings is 1. The minimum Gasteiger partial charge on any atom is -0.493 e. The van der Waals surface area contributed by atoms with Crippen molar-refractivity contribution < 1.29 is 9.53 Å². The van der Waals surface area contributed by atoms with Gasteiger partial charge in [-0.1, -0.05) is 12.1 Å². The molecule has 0 spiro atoms. The van der Waals surface area contributed by atoms with Gasteiger partial charge >= 0.3 is 0 Å². The molecule has 0 radical (unpaired) electrons. The maximum atomic E-state index is 11.4. The summed E-state index contributed by atoms with van der Waals surface area (Å²) in [6.45, 7) is 4.74. The highest BCUT2D eigenvalue weighted by Gasteiger charge is 2.03. The highest BCUT2D eigenvalue weighted by atomic mass is 16.5. The van der Waals surface area contributed by atoms with E-state index in [4.69, 9.17) is 10.5 Å². The minimum atomic E-state index is 0.00924. The standard InChI is InChI=1S/C13H20N2O2/c1-10(2)15-13(16)6-7-17-12-5-3-4-11(8-12)9-14/h3-5,8,10H,6-7,9,14H2,1-2H3,(H,15,16). The Bertz CT molecular complexity index is 364. The second-order valence-electron chi connectivity index (χ2n) is 4.17. The van der Waals surface area contributed by atoms with Gasteiger partial charge in [0, 0.05) is 12.6 Å². The first-order valence-electron chi connectivity index (χ1n) is 5.83. The second kappa shape index (κ2) is 6.91. The van der Waals surface area contributed by atoms with Crippen LogP contribution in [0, 0.1) is 0 Å². The van der Waals surface area contributed by atoms with Crippen molar-refractivity contribution >= 4 is 5.91 Å². The van der Waals surface area contributed by atoms with Crippen LogP contribution in [0.1, 0.15) is 25.8 Å². The van der Waals surface area contributed by atoms with Gasteiger partial charge in [-0.05, 0) is 31.5 Å². The van der Waals surface area contributed by atoms with E-state index in [1.807, 2.05) is 38.1 Å². The summed E-state index contributed by atoms with van der Waals surface area (Å²) in [5.41, 5.74) is 6.55. The fourth-order valence-electron chi connectivity index (χ4n) is 1.42. The third-order valence-corrected chi connectivity index (χ3v) is 2.18. The monoisotopic (exact) mass is 236 g/mol. The lowest BCUT2D eigenvalue weighted by molar-refractivity contribution is -0.122. The van der Waals surface area contributed by atoms with Crippen molar-refractivity contribution in [2.75, 3.05) is 6.61 Å². The quantitative estimate of drug-likeness (QED) is 0.785. The molecular weight excluding hydrogens is 216 g/mol. The Morgan fingerprint density at radius 3 is 2.88 bits per heavy atom. The lowest BCUT2D eigenvalue weighted by Gasteiger charge is -2.09. The molecule has 0 unspecified atom stereocenters. The van der Waals surface area contributed by atoms with Gasteiger partial charge in [0.1, 0.15) is 5.75 Å². The number of carbonyl (C=O) groups excluding carboxylic acids is 1. The summed E-state index contributed by atoms with van der Waals surface area (Å²) in [5, 5.41) is 2.81. The molecule has 0 saturated carbocycles. The van der Waals surface area contributed by atoms with Crippen LogP contribution in [0.3, 0.4) is 0 Å². The maximum absolute atomic E-state index is 11.4. The molecule has 4 heteroatoms. The van der Waals surface area contributed by atoms with Crippen molar-refractivity contribution in [2.24, 2.45) is 5.73 Å². The minimum absolute atomic E-state index is 0.00924. The van der Waals surface area contributed by atoms with Crippen molar-refractivity contribution in [3.05, 3.63) is 29.8 Å². The molecule has 4 nitrogen and oxygen atoms in total. The van der Waals surface area contributed by atoms with E-state index in [-0.39, 0.29) is 11.9 Å². The first-order valence-corrected chi connectivity index (χ1v) is 5.83. The number of rotatable bonds is 6. The molecule has 3 N–H and O–H groups in total. The number of nitrogens with two attached hydrogens (primary N) is 1. The predicted molar refractivity (Wildman–Crippen MR) is 67.7 cm³/mol. The van der Waals surface area contributed by atoms with Crippen molar-refractivity contribution in [2.45, 2.75) is 32.9 Å². The Morgan fingerprint density at radius 2 is 2.24 bits per heavy atom. The van der Waals surface area contributed by atoms with Crippen LogP contribution in [0.2, 0.25) is 0 Å². The average Bonchev–Trinajstić information content (AvgIpc) is 2.28. The average molecular weight is 236 g/mol. The van der Waals surface area contributed by atoms with E-state index in [0.717, 1.165) is 11.3 Å². The van der Waals surface area contributed by atoms with E-state index in [2.05, 4.69) is 5.32 Å². The Morgan fingerprint density at radius 1 is 1.47 bits per heavy atom. The van der Waals surface area contributed by atoms with Crippen molar-refractivity contribution in [3.8, 4) is 5.75 Å². The number of carbonyl (C=O) groups is 1. The van der Waals surface area contributed by atoms with Crippen LogP contribution >= 0.6 is 0 Å². The summed E-state index contributed by atoms with van der Waals surface area (Å²) in [4.78, 5) is 11.4. The van der Waals surface area contributed by atoms with Gasteiger partial charge in [0.15, 0.2) is 0 Å². The molecule has 0 bridgehead atoms. The van der Waals surface area contributed by atoms with Gasteiger partial charge in [-0.15, -0.1) is 0 Å². The SMILES string of the molecule is CC(C)NC(=O)CCOc1cccc(CN)c1. The fourth-order valence-corrected chi connectivity index (χ4v) is 1.42. The Kier molecular flexibility index (Phi) is 5.49. The summed E-state index contributed by atoms with van der Waals surface area (Å²) < 4.78 is 5.48. The number of nitrogens with one attached hydrogen (secondary N) is 1. The molecule has 1 aromatic carbocycles. The highest BCUT2D eigenvalue weighted by molar-refractivity contribution is 5.76. The predicted octanol–water partition coefficient (Wildman–Crippen LogP) is 1.44. The molecule has 0 aliphatic heterocycles. The van der Waals surface area contributed by atoms with Crippen LogP contribution < -0.4 is 15.8 Å². The fraction of sp³-hybridized carbons (Fsp3) is 0.462. The van der Waals surface area contributed by atoms with Crippen LogP contribution in [0.5, 0.6) is 5.75 Å². The summed E-state index contributed by atoms with van der Waals surface area (Å²) in [6, 6.07) is 7.76. The van der Waals surface area contributed by atoms with Crippen molar-refractivity contribution in [1.82, 2.24) is 5.32 Å². The number of amides is 1. The summed E-state index contributed by atoms with van der Waals surface area (Å²) >= 11 is 0. The van der Waals surface area contributed by atoms with Crippen molar-refractivity contribution in [3.63, 3.8) is 0 Å². The zero-order valence-electron chi connectivity index (χ0n) is 10.4. The van der Waals surface area contributed by atoms with Gasteiger partial charge in [0.05, 0.1) is 13.0 Å². The molecule has 17 heavy (non-hydrogen) atoms. The Hall–Kier alpha value is -1.55. The third-order valence-electron chi connectivity index (χ3n) is 2.18. The Balaban J connectivity index is 2.32. The van der Waals surface area contributed by atoms with E-state index < -0.39 is 0 Å². The van der Waals surface area contributed by atoms with Gasteiger partial charge in [-0.25, -0.2) is 0 Å².